The molecule has 0 aliphatic carbocycles. The van der Waals surface area contributed by atoms with Gasteiger partial charge in [0.25, 0.3) is 5.91 Å². The largest absolute Gasteiger partial charge is 0.349 e. The zero-order valence-corrected chi connectivity index (χ0v) is 21.3. The fourth-order valence-electron chi connectivity index (χ4n) is 4.24. The summed E-state index contributed by atoms with van der Waals surface area (Å²) >= 11 is 0. The molecule has 1 fully saturated rings. The minimum atomic E-state index is -0.758. The molecule has 9 nitrogen and oxygen atoms in total. The van der Waals surface area contributed by atoms with Crippen LogP contribution in [0.5, 0.6) is 0 Å². The highest BCUT2D eigenvalue weighted by atomic mass is 16.5. The summed E-state index contributed by atoms with van der Waals surface area (Å²) in [6, 6.07) is 8.25. The Labute approximate surface area is 208 Å². The van der Waals surface area contributed by atoms with Crippen LogP contribution in [0.15, 0.2) is 30.3 Å². The number of nitrogens with zero attached hydrogens (tertiary/aromatic N) is 1. The number of benzene rings is 1. The highest BCUT2D eigenvalue weighted by Gasteiger charge is 2.38. The lowest BCUT2D eigenvalue weighted by atomic mass is 9.84. The summed E-state index contributed by atoms with van der Waals surface area (Å²) in [6.45, 7) is 8.63. The first-order chi connectivity index (χ1) is 16.6. The Morgan fingerprint density at radius 2 is 1.71 bits per heavy atom. The van der Waals surface area contributed by atoms with Gasteiger partial charge in [0.05, 0.1) is 0 Å². The van der Waals surface area contributed by atoms with E-state index in [-0.39, 0.29) is 30.2 Å². The molecule has 0 aromatic heterocycles. The number of unbranched alkanes of at least 4 members (excludes halogenated alkanes) is 1. The van der Waals surface area contributed by atoms with Crippen molar-refractivity contribution in [1.29, 1.82) is 0 Å². The Morgan fingerprint density at radius 1 is 1.09 bits per heavy atom. The van der Waals surface area contributed by atoms with Crippen molar-refractivity contribution < 1.29 is 24.4 Å². The molecule has 4 N–H and O–H groups in total. The van der Waals surface area contributed by atoms with Gasteiger partial charge in [-0.3, -0.25) is 24.4 Å². The van der Waals surface area contributed by atoms with Crippen LogP contribution < -0.4 is 16.1 Å². The number of carbonyl (C=O) groups is 4. The first-order valence-corrected chi connectivity index (χ1v) is 12.4. The SMILES string of the molecule is CCCC[C@H](CC(=O)NO)C(=O)N[C@H](C(=O)N1CCC(NC(=O)c2ccccc2)CC1)C(C)(C)C. The zero-order valence-electron chi connectivity index (χ0n) is 21.3. The van der Waals surface area contributed by atoms with Gasteiger partial charge in [0.1, 0.15) is 6.04 Å². The highest BCUT2D eigenvalue weighted by Crippen LogP contribution is 2.24. The van der Waals surface area contributed by atoms with Crippen LogP contribution in [0.1, 0.15) is 76.6 Å². The van der Waals surface area contributed by atoms with Crippen LogP contribution in [0.3, 0.4) is 0 Å². The van der Waals surface area contributed by atoms with E-state index >= 15 is 0 Å². The topological polar surface area (TPSA) is 128 Å². The van der Waals surface area contributed by atoms with Crippen LogP contribution in [-0.4, -0.2) is 58.9 Å². The van der Waals surface area contributed by atoms with Gasteiger partial charge >= 0.3 is 0 Å². The summed E-state index contributed by atoms with van der Waals surface area (Å²) in [7, 11) is 0. The van der Waals surface area contributed by atoms with Crippen molar-refractivity contribution in [2.75, 3.05) is 13.1 Å². The molecule has 4 amide bonds. The van der Waals surface area contributed by atoms with Gasteiger partial charge in [-0.15, -0.1) is 0 Å². The Balaban J connectivity index is 2.00. The smallest absolute Gasteiger partial charge is 0.251 e. The number of carbonyl (C=O) groups excluding carboxylic acids is 4. The van der Waals surface area contributed by atoms with E-state index in [1.807, 2.05) is 45.9 Å². The molecule has 0 spiro atoms. The molecule has 9 heteroatoms. The molecule has 0 unspecified atom stereocenters. The number of rotatable bonds is 10. The number of likely N-dealkylation sites (tertiary alicyclic amines) is 1. The molecule has 0 saturated carbocycles. The van der Waals surface area contributed by atoms with Gasteiger partial charge in [0.15, 0.2) is 0 Å². The molecule has 1 aromatic carbocycles. The van der Waals surface area contributed by atoms with Crippen molar-refractivity contribution in [2.45, 2.75) is 78.3 Å². The van der Waals surface area contributed by atoms with Gasteiger partial charge in [-0.25, -0.2) is 5.48 Å². The minimum absolute atomic E-state index is 0.0233. The summed E-state index contributed by atoms with van der Waals surface area (Å²) < 4.78 is 0. The van der Waals surface area contributed by atoms with E-state index in [0.717, 1.165) is 12.8 Å². The molecule has 194 valence electrons. The number of amides is 4. The first kappa shape index (κ1) is 28.3. The molecule has 35 heavy (non-hydrogen) atoms. The quantitative estimate of drug-likeness (QED) is 0.297. The summed E-state index contributed by atoms with van der Waals surface area (Å²) in [5.41, 5.74) is 1.65. The maximum atomic E-state index is 13.5. The lowest BCUT2D eigenvalue weighted by molar-refractivity contribution is -0.142. The molecular formula is C26H40N4O5. The van der Waals surface area contributed by atoms with Crippen LogP contribution >= 0.6 is 0 Å². The molecule has 0 bridgehead atoms. The fourth-order valence-corrected chi connectivity index (χ4v) is 4.24. The van der Waals surface area contributed by atoms with Gasteiger partial charge < -0.3 is 15.5 Å². The molecule has 2 rings (SSSR count). The van der Waals surface area contributed by atoms with Crippen LogP contribution in [0.2, 0.25) is 0 Å². The molecule has 1 aliphatic rings. The number of hydrogen-bond donors (Lipinski definition) is 4. The van der Waals surface area contributed by atoms with E-state index < -0.39 is 23.3 Å². The van der Waals surface area contributed by atoms with Crippen molar-refractivity contribution in [3.63, 3.8) is 0 Å². The summed E-state index contributed by atoms with van der Waals surface area (Å²) in [4.78, 5) is 52.4. The van der Waals surface area contributed by atoms with Gasteiger partial charge in [0.2, 0.25) is 17.7 Å². The Morgan fingerprint density at radius 3 is 2.26 bits per heavy atom. The second-order valence-electron chi connectivity index (χ2n) is 10.3. The molecule has 2 atom stereocenters. The van der Waals surface area contributed by atoms with E-state index in [2.05, 4.69) is 10.6 Å². The number of nitrogens with one attached hydrogen (secondary N) is 3. The third-order valence-electron chi connectivity index (χ3n) is 6.41. The van der Waals surface area contributed by atoms with Crippen molar-refractivity contribution in [3.8, 4) is 0 Å². The molecular weight excluding hydrogens is 448 g/mol. The highest BCUT2D eigenvalue weighted by molar-refractivity contribution is 5.94. The standard InChI is InChI=1S/C26H40N4O5/c1-5-6-10-19(17-21(31)29-35)24(33)28-22(26(2,3)4)25(34)30-15-13-20(14-16-30)27-23(32)18-11-8-7-9-12-18/h7-9,11-12,19-20,22,35H,5-6,10,13-17H2,1-4H3,(H,27,32)(H,28,33)(H,29,31)/t19-,22-/m1/s1. The van der Waals surface area contributed by atoms with Gasteiger partial charge in [-0.05, 0) is 36.8 Å². The average Bonchev–Trinajstić information content (AvgIpc) is 2.84. The summed E-state index contributed by atoms with van der Waals surface area (Å²) in [5, 5.41) is 14.8. The summed E-state index contributed by atoms with van der Waals surface area (Å²) in [5.74, 6) is -1.90. The molecule has 1 heterocycles. The zero-order chi connectivity index (χ0) is 26.0. The van der Waals surface area contributed by atoms with Gasteiger partial charge in [0, 0.05) is 37.0 Å². The van der Waals surface area contributed by atoms with Gasteiger partial charge in [-0.2, -0.15) is 0 Å². The monoisotopic (exact) mass is 488 g/mol. The number of hydroxylamine groups is 1. The third kappa shape index (κ3) is 8.65. The first-order valence-electron chi connectivity index (χ1n) is 12.4. The maximum absolute atomic E-state index is 13.5. The number of hydrogen-bond acceptors (Lipinski definition) is 5. The Kier molecular flexibility index (Phi) is 10.7. The minimum Gasteiger partial charge on any atom is -0.349 e. The molecule has 1 saturated heterocycles. The summed E-state index contributed by atoms with van der Waals surface area (Å²) in [6.07, 6.45) is 3.23. The second-order valence-corrected chi connectivity index (χ2v) is 10.3. The van der Waals surface area contributed by atoms with Crippen molar-refractivity contribution in [1.82, 2.24) is 21.0 Å². The lowest BCUT2D eigenvalue weighted by Gasteiger charge is -2.39. The maximum Gasteiger partial charge on any atom is 0.251 e. The van der Waals surface area contributed by atoms with Crippen LogP contribution in [0.4, 0.5) is 0 Å². The van der Waals surface area contributed by atoms with E-state index in [1.54, 1.807) is 22.5 Å². The van der Waals surface area contributed by atoms with Crippen molar-refractivity contribution in [3.05, 3.63) is 35.9 Å². The second kappa shape index (κ2) is 13.2. The van der Waals surface area contributed by atoms with Crippen molar-refractivity contribution in [2.24, 2.45) is 11.3 Å². The average molecular weight is 489 g/mol. The Bertz CT molecular complexity index is 860. The normalized spacial score (nSPS) is 16.2. The van der Waals surface area contributed by atoms with E-state index in [9.17, 15) is 19.2 Å². The van der Waals surface area contributed by atoms with Crippen molar-refractivity contribution >= 4 is 23.6 Å². The lowest BCUT2D eigenvalue weighted by Crippen LogP contribution is -2.58. The Hall–Kier alpha value is -2.94. The van der Waals surface area contributed by atoms with E-state index in [1.165, 1.54) is 0 Å². The van der Waals surface area contributed by atoms with Crippen LogP contribution in [0.25, 0.3) is 0 Å². The number of piperidine rings is 1. The molecule has 1 aliphatic heterocycles. The van der Waals surface area contributed by atoms with E-state index in [0.29, 0.717) is 37.9 Å². The third-order valence-corrected chi connectivity index (χ3v) is 6.41. The predicted molar refractivity (Wildman–Crippen MR) is 132 cm³/mol. The van der Waals surface area contributed by atoms with E-state index in [4.69, 9.17) is 5.21 Å². The van der Waals surface area contributed by atoms with Crippen LogP contribution in [-0.2, 0) is 14.4 Å². The predicted octanol–water partition coefficient (Wildman–Crippen LogP) is 2.64. The molecule has 0 radical (unpaired) electrons. The molecule has 1 aromatic rings. The van der Waals surface area contributed by atoms with Gasteiger partial charge in [-0.1, -0.05) is 58.7 Å². The fraction of sp³-hybridized carbons (Fsp3) is 0.615. The van der Waals surface area contributed by atoms with Crippen LogP contribution in [0, 0.1) is 11.3 Å².